The van der Waals surface area contributed by atoms with Crippen LogP contribution in [-0.4, -0.2) is 35.6 Å². The number of nitrogens with zero attached hydrogens (tertiary/aromatic N) is 2. The molecule has 0 atom stereocenters. The molecule has 0 saturated carbocycles. The summed E-state index contributed by atoms with van der Waals surface area (Å²) in [6.45, 7) is 11.2. The number of benzene rings is 1. The molecule has 5 nitrogen and oxygen atoms in total. The smallest absolute Gasteiger partial charge is 0.340 e. The quantitative estimate of drug-likeness (QED) is 0.522. The fourth-order valence-corrected chi connectivity index (χ4v) is 3.00. The maximum atomic E-state index is 12.3. The molecule has 0 aliphatic carbocycles. The van der Waals surface area contributed by atoms with Gasteiger partial charge in [0.25, 0.3) is 0 Å². The standard InChI is InChI=1S/C20H21N3O2/c1-4-9-23(10-5-2)14-7-8-17-15(11-14)19-16(20(24)25-6-3)12-21-13-18(19)22-17/h4-5,7-8,11-13,22H,1-2,6,9-10H2,3H3. The summed E-state index contributed by atoms with van der Waals surface area (Å²) in [4.78, 5) is 21.9. The zero-order chi connectivity index (χ0) is 17.8. The predicted molar refractivity (Wildman–Crippen MR) is 102 cm³/mol. The van der Waals surface area contributed by atoms with Crippen LogP contribution in [0.15, 0.2) is 55.9 Å². The number of carbonyl (C=O) groups excluding carboxylic acids is 1. The first-order chi connectivity index (χ1) is 12.2. The van der Waals surface area contributed by atoms with Crippen LogP contribution in [0.4, 0.5) is 5.69 Å². The van der Waals surface area contributed by atoms with E-state index in [1.807, 2.05) is 24.3 Å². The first kappa shape index (κ1) is 16.8. The van der Waals surface area contributed by atoms with Gasteiger partial charge in [-0.1, -0.05) is 12.2 Å². The molecule has 0 aliphatic heterocycles. The summed E-state index contributed by atoms with van der Waals surface area (Å²) in [7, 11) is 0. The number of H-pyrrole nitrogens is 1. The Morgan fingerprint density at radius 3 is 2.68 bits per heavy atom. The number of fused-ring (bicyclic) bond motifs is 3. The van der Waals surface area contributed by atoms with E-state index >= 15 is 0 Å². The van der Waals surface area contributed by atoms with Crippen molar-refractivity contribution in [1.29, 1.82) is 0 Å². The van der Waals surface area contributed by atoms with Crippen LogP contribution in [0.2, 0.25) is 0 Å². The number of pyridine rings is 1. The Morgan fingerprint density at radius 2 is 2.00 bits per heavy atom. The zero-order valence-electron chi connectivity index (χ0n) is 14.3. The fourth-order valence-electron chi connectivity index (χ4n) is 3.00. The Balaban J connectivity index is 2.20. The highest BCUT2D eigenvalue weighted by Gasteiger charge is 2.17. The van der Waals surface area contributed by atoms with Crippen LogP contribution < -0.4 is 4.90 Å². The van der Waals surface area contributed by atoms with E-state index in [0.29, 0.717) is 25.3 Å². The number of carbonyl (C=O) groups is 1. The third-order valence-corrected chi connectivity index (χ3v) is 4.05. The number of aromatic amines is 1. The Bertz CT molecular complexity index is 933. The Labute approximate surface area is 146 Å². The average molecular weight is 335 g/mol. The van der Waals surface area contributed by atoms with Crippen molar-refractivity contribution in [3.63, 3.8) is 0 Å². The predicted octanol–water partition coefficient (Wildman–Crippen LogP) is 4.07. The average Bonchev–Trinajstić information content (AvgIpc) is 2.99. The minimum Gasteiger partial charge on any atom is -0.462 e. The first-order valence-corrected chi connectivity index (χ1v) is 8.22. The molecule has 0 aliphatic rings. The molecule has 0 amide bonds. The van der Waals surface area contributed by atoms with E-state index in [0.717, 1.165) is 27.5 Å². The third-order valence-electron chi connectivity index (χ3n) is 4.05. The van der Waals surface area contributed by atoms with Crippen molar-refractivity contribution < 1.29 is 9.53 Å². The van der Waals surface area contributed by atoms with Gasteiger partial charge >= 0.3 is 5.97 Å². The van der Waals surface area contributed by atoms with Gasteiger partial charge in [0.2, 0.25) is 0 Å². The second-order valence-corrected chi connectivity index (χ2v) is 5.67. The number of ether oxygens (including phenoxy) is 1. The molecule has 3 aromatic rings. The molecule has 2 aromatic heterocycles. The second-order valence-electron chi connectivity index (χ2n) is 5.67. The third kappa shape index (κ3) is 3.13. The molecule has 1 N–H and O–H groups in total. The molecule has 0 bridgehead atoms. The largest absolute Gasteiger partial charge is 0.462 e. The number of esters is 1. The van der Waals surface area contributed by atoms with Crippen molar-refractivity contribution in [2.45, 2.75) is 6.92 Å². The topological polar surface area (TPSA) is 58.2 Å². The lowest BCUT2D eigenvalue weighted by Gasteiger charge is -2.21. The molecule has 0 unspecified atom stereocenters. The summed E-state index contributed by atoms with van der Waals surface area (Å²) in [6.07, 6.45) is 7.00. The van der Waals surface area contributed by atoms with E-state index < -0.39 is 0 Å². The van der Waals surface area contributed by atoms with Crippen molar-refractivity contribution in [2.24, 2.45) is 0 Å². The number of hydrogen-bond acceptors (Lipinski definition) is 4. The van der Waals surface area contributed by atoms with Crippen LogP contribution in [0.5, 0.6) is 0 Å². The molecule has 0 fully saturated rings. The Hall–Kier alpha value is -3.08. The molecule has 3 rings (SSSR count). The second kappa shape index (κ2) is 7.21. The van der Waals surface area contributed by atoms with Crippen molar-refractivity contribution >= 4 is 33.5 Å². The van der Waals surface area contributed by atoms with Gasteiger partial charge in [-0.15, -0.1) is 13.2 Å². The Morgan fingerprint density at radius 1 is 1.24 bits per heavy atom. The lowest BCUT2D eigenvalue weighted by atomic mass is 10.1. The van der Waals surface area contributed by atoms with Gasteiger partial charge in [0.1, 0.15) is 0 Å². The highest BCUT2D eigenvalue weighted by Crippen LogP contribution is 2.31. The van der Waals surface area contributed by atoms with Crippen LogP contribution in [0.1, 0.15) is 17.3 Å². The van der Waals surface area contributed by atoms with Crippen LogP contribution in [0.3, 0.4) is 0 Å². The summed E-state index contributed by atoms with van der Waals surface area (Å²) in [5.41, 5.74) is 3.28. The normalized spacial score (nSPS) is 10.8. The Kier molecular flexibility index (Phi) is 4.84. The summed E-state index contributed by atoms with van der Waals surface area (Å²) in [6, 6.07) is 6.13. The lowest BCUT2D eigenvalue weighted by Crippen LogP contribution is -2.22. The van der Waals surface area contributed by atoms with Crippen molar-refractivity contribution in [2.75, 3.05) is 24.6 Å². The summed E-state index contributed by atoms with van der Waals surface area (Å²) >= 11 is 0. The molecule has 128 valence electrons. The highest BCUT2D eigenvalue weighted by atomic mass is 16.5. The van der Waals surface area contributed by atoms with Crippen molar-refractivity contribution in [1.82, 2.24) is 9.97 Å². The van der Waals surface area contributed by atoms with E-state index in [1.165, 1.54) is 0 Å². The molecule has 1 aromatic carbocycles. The SMILES string of the molecule is C=CCN(CC=C)c1ccc2[nH]c3cncc(C(=O)OCC)c3c2c1. The number of nitrogens with one attached hydrogen (secondary N) is 1. The van der Waals surface area contributed by atoms with Crippen LogP contribution in [0, 0.1) is 0 Å². The van der Waals surface area contributed by atoms with Crippen LogP contribution in [-0.2, 0) is 4.74 Å². The maximum Gasteiger partial charge on any atom is 0.340 e. The minimum absolute atomic E-state index is 0.329. The number of rotatable bonds is 7. The van der Waals surface area contributed by atoms with E-state index in [-0.39, 0.29) is 5.97 Å². The first-order valence-electron chi connectivity index (χ1n) is 8.22. The number of hydrogen-bond donors (Lipinski definition) is 1. The molecular weight excluding hydrogens is 314 g/mol. The lowest BCUT2D eigenvalue weighted by molar-refractivity contribution is 0.0528. The maximum absolute atomic E-state index is 12.3. The summed E-state index contributed by atoms with van der Waals surface area (Å²) in [5, 5.41) is 1.80. The molecule has 0 radical (unpaired) electrons. The van der Waals surface area contributed by atoms with Gasteiger partial charge in [-0.05, 0) is 25.1 Å². The van der Waals surface area contributed by atoms with Gasteiger partial charge in [-0.3, -0.25) is 4.98 Å². The monoisotopic (exact) mass is 335 g/mol. The van der Waals surface area contributed by atoms with Crippen LogP contribution in [0.25, 0.3) is 21.8 Å². The van der Waals surface area contributed by atoms with Crippen molar-refractivity contribution in [3.05, 3.63) is 61.5 Å². The molecule has 5 heteroatoms. The molecule has 0 spiro atoms. The molecule has 0 saturated heterocycles. The van der Waals surface area contributed by atoms with Gasteiger partial charge in [-0.25, -0.2) is 4.79 Å². The van der Waals surface area contributed by atoms with E-state index in [1.54, 1.807) is 19.3 Å². The van der Waals surface area contributed by atoms with E-state index in [2.05, 4.69) is 34.1 Å². The van der Waals surface area contributed by atoms with Crippen LogP contribution >= 0.6 is 0 Å². The van der Waals surface area contributed by atoms with Gasteiger partial charge in [-0.2, -0.15) is 0 Å². The van der Waals surface area contributed by atoms with Crippen molar-refractivity contribution in [3.8, 4) is 0 Å². The summed E-state index contributed by atoms with van der Waals surface area (Å²) < 4.78 is 5.18. The van der Waals surface area contributed by atoms with Gasteiger partial charge < -0.3 is 14.6 Å². The number of aromatic nitrogens is 2. The molecular formula is C20H21N3O2. The minimum atomic E-state index is -0.360. The molecule has 2 heterocycles. The van der Waals surface area contributed by atoms with Gasteiger partial charge in [0.05, 0.1) is 23.9 Å². The van der Waals surface area contributed by atoms with E-state index in [9.17, 15) is 4.79 Å². The van der Waals surface area contributed by atoms with Gasteiger partial charge in [0.15, 0.2) is 0 Å². The van der Waals surface area contributed by atoms with Gasteiger partial charge in [0, 0.05) is 41.3 Å². The van der Waals surface area contributed by atoms with E-state index in [4.69, 9.17) is 4.74 Å². The molecule has 25 heavy (non-hydrogen) atoms. The number of anilines is 1. The zero-order valence-corrected chi connectivity index (χ0v) is 14.3. The highest BCUT2D eigenvalue weighted by molar-refractivity contribution is 6.16. The summed E-state index contributed by atoms with van der Waals surface area (Å²) in [5.74, 6) is -0.360. The fraction of sp³-hybridized carbons (Fsp3) is 0.200.